The van der Waals surface area contributed by atoms with Crippen molar-refractivity contribution < 1.29 is 28.2 Å². The van der Waals surface area contributed by atoms with Gasteiger partial charge in [-0.15, -0.1) is 0 Å². The van der Waals surface area contributed by atoms with E-state index in [1.807, 2.05) is 6.07 Å². The number of hydrogen-bond donors (Lipinski definition) is 2. The van der Waals surface area contributed by atoms with Gasteiger partial charge in [0.25, 0.3) is 11.8 Å². The summed E-state index contributed by atoms with van der Waals surface area (Å²) < 4.78 is 24.1. The van der Waals surface area contributed by atoms with E-state index in [1.54, 1.807) is 54.6 Å². The van der Waals surface area contributed by atoms with Crippen LogP contribution in [0, 0.1) is 5.82 Å². The van der Waals surface area contributed by atoms with Crippen LogP contribution in [0.25, 0.3) is 0 Å². The van der Waals surface area contributed by atoms with E-state index in [2.05, 4.69) is 10.9 Å². The van der Waals surface area contributed by atoms with Crippen molar-refractivity contribution in [3.8, 4) is 11.5 Å². The number of para-hydroxylation sites is 1. The molecule has 164 valence electrons. The standard InChI is InChI=1S/C24H21FN2O5/c1-16(24(30)27-26-22(28)15-31-21-10-6-5-9-20(21)25)32-19-13-11-18(12-14-19)23(29)17-7-3-2-4-8-17/h2-14,16H,15H2,1H3,(H,26,28)(H,27,30)/t16-/m1/s1. The number of ether oxygens (including phenoxy) is 2. The Kier molecular flexibility index (Phi) is 7.53. The quantitative estimate of drug-likeness (QED) is 0.418. The van der Waals surface area contributed by atoms with E-state index < -0.39 is 30.3 Å². The molecule has 3 rings (SSSR count). The fraction of sp³-hybridized carbons (Fsp3) is 0.125. The van der Waals surface area contributed by atoms with Gasteiger partial charge >= 0.3 is 0 Å². The number of ketones is 1. The van der Waals surface area contributed by atoms with Gasteiger partial charge in [0.05, 0.1) is 0 Å². The van der Waals surface area contributed by atoms with Crippen molar-refractivity contribution >= 4 is 17.6 Å². The molecule has 0 aliphatic carbocycles. The number of nitrogens with one attached hydrogen (secondary N) is 2. The van der Waals surface area contributed by atoms with Crippen molar-refractivity contribution in [1.82, 2.24) is 10.9 Å². The van der Waals surface area contributed by atoms with Crippen molar-refractivity contribution in [2.75, 3.05) is 6.61 Å². The third kappa shape index (κ3) is 6.15. The second kappa shape index (κ2) is 10.7. The normalized spacial score (nSPS) is 11.2. The molecule has 32 heavy (non-hydrogen) atoms. The van der Waals surface area contributed by atoms with Crippen LogP contribution in [0.5, 0.6) is 11.5 Å². The van der Waals surface area contributed by atoms with Gasteiger partial charge in [-0.05, 0) is 43.3 Å². The number of hydrazine groups is 1. The minimum atomic E-state index is -0.932. The van der Waals surface area contributed by atoms with Gasteiger partial charge in [-0.1, -0.05) is 42.5 Å². The summed E-state index contributed by atoms with van der Waals surface area (Å²) in [6.07, 6.45) is -0.932. The smallest absolute Gasteiger partial charge is 0.279 e. The van der Waals surface area contributed by atoms with E-state index in [4.69, 9.17) is 9.47 Å². The molecule has 2 amide bonds. The van der Waals surface area contributed by atoms with Crippen LogP contribution in [0.3, 0.4) is 0 Å². The summed E-state index contributed by atoms with van der Waals surface area (Å²) in [4.78, 5) is 36.3. The zero-order valence-corrected chi connectivity index (χ0v) is 17.2. The lowest BCUT2D eigenvalue weighted by Crippen LogP contribution is -2.48. The van der Waals surface area contributed by atoms with Crippen LogP contribution in [0.4, 0.5) is 4.39 Å². The fourth-order valence-corrected chi connectivity index (χ4v) is 2.67. The summed E-state index contributed by atoms with van der Waals surface area (Å²) in [5.41, 5.74) is 5.45. The molecule has 0 saturated carbocycles. The summed E-state index contributed by atoms with van der Waals surface area (Å²) in [5, 5.41) is 0. The maximum Gasteiger partial charge on any atom is 0.279 e. The molecular weight excluding hydrogens is 415 g/mol. The van der Waals surface area contributed by atoms with E-state index in [1.165, 1.54) is 25.1 Å². The summed E-state index contributed by atoms with van der Waals surface area (Å²) in [5.74, 6) is -1.68. The molecule has 1 atom stereocenters. The maximum absolute atomic E-state index is 13.5. The first kappa shape index (κ1) is 22.5. The van der Waals surface area contributed by atoms with Crippen LogP contribution in [-0.2, 0) is 9.59 Å². The predicted octanol–water partition coefficient (Wildman–Crippen LogP) is 3.05. The van der Waals surface area contributed by atoms with Gasteiger partial charge in [0.1, 0.15) is 5.75 Å². The molecule has 0 aromatic heterocycles. The molecule has 7 nitrogen and oxygen atoms in total. The Labute approximate surface area is 184 Å². The van der Waals surface area contributed by atoms with Crippen LogP contribution in [0.1, 0.15) is 22.8 Å². The minimum absolute atomic E-state index is 0.0696. The lowest BCUT2D eigenvalue weighted by molar-refractivity contribution is -0.133. The van der Waals surface area contributed by atoms with Crippen molar-refractivity contribution in [3.63, 3.8) is 0 Å². The third-order valence-electron chi connectivity index (χ3n) is 4.36. The van der Waals surface area contributed by atoms with Gasteiger partial charge in [-0.25, -0.2) is 4.39 Å². The number of carbonyl (C=O) groups is 3. The Hall–Kier alpha value is -4.20. The van der Waals surface area contributed by atoms with Crippen LogP contribution in [0.2, 0.25) is 0 Å². The second-order valence-electron chi connectivity index (χ2n) is 6.74. The number of rotatable bonds is 8. The lowest BCUT2D eigenvalue weighted by Gasteiger charge is -2.15. The Morgan fingerprint density at radius 2 is 1.47 bits per heavy atom. The van der Waals surface area contributed by atoms with E-state index >= 15 is 0 Å². The molecule has 3 aromatic carbocycles. The molecule has 0 aliphatic heterocycles. The van der Waals surface area contributed by atoms with E-state index in [0.717, 1.165) is 0 Å². The van der Waals surface area contributed by atoms with Gasteiger partial charge in [-0.2, -0.15) is 0 Å². The van der Waals surface area contributed by atoms with Gasteiger partial charge in [-0.3, -0.25) is 25.2 Å². The minimum Gasteiger partial charge on any atom is -0.481 e. The average molecular weight is 436 g/mol. The number of hydrogen-bond acceptors (Lipinski definition) is 5. The highest BCUT2D eigenvalue weighted by Gasteiger charge is 2.16. The third-order valence-corrected chi connectivity index (χ3v) is 4.36. The van der Waals surface area contributed by atoms with Crippen LogP contribution in [0.15, 0.2) is 78.9 Å². The van der Waals surface area contributed by atoms with Gasteiger partial charge in [0, 0.05) is 11.1 Å². The highest BCUT2D eigenvalue weighted by molar-refractivity contribution is 6.09. The molecule has 0 aliphatic rings. The van der Waals surface area contributed by atoms with Crippen LogP contribution >= 0.6 is 0 Å². The molecule has 0 heterocycles. The zero-order chi connectivity index (χ0) is 22.9. The summed E-state index contributed by atoms with van der Waals surface area (Å²) in [6.45, 7) is 1.02. The number of halogens is 1. The first-order valence-electron chi connectivity index (χ1n) is 9.76. The Bertz CT molecular complexity index is 1090. The molecule has 0 radical (unpaired) electrons. The molecule has 3 aromatic rings. The second-order valence-corrected chi connectivity index (χ2v) is 6.74. The van der Waals surface area contributed by atoms with Crippen molar-refractivity contribution in [3.05, 3.63) is 95.8 Å². The molecule has 0 fully saturated rings. The molecule has 0 spiro atoms. The molecule has 0 saturated heterocycles. The summed E-state index contributed by atoms with van der Waals surface area (Å²) in [7, 11) is 0. The highest BCUT2D eigenvalue weighted by atomic mass is 19.1. The monoisotopic (exact) mass is 436 g/mol. The van der Waals surface area contributed by atoms with Crippen molar-refractivity contribution in [2.45, 2.75) is 13.0 Å². The molecule has 0 bridgehead atoms. The molecule has 0 unspecified atom stereocenters. The zero-order valence-electron chi connectivity index (χ0n) is 17.2. The number of benzene rings is 3. The highest BCUT2D eigenvalue weighted by Crippen LogP contribution is 2.17. The van der Waals surface area contributed by atoms with Crippen molar-refractivity contribution in [2.24, 2.45) is 0 Å². The number of carbonyl (C=O) groups excluding carboxylic acids is 3. The van der Waals surface area contributed by atoms with E-state index in [0.29, 0.717) is 16.9 Å². The Morgan fingerprint density at radius 3 is 2.16 bits per heavy atom. The van der Waals surface area contributed by atoms with Gasteiger partial charge in [0.15, 0.2) is 30.1 Å². The van der Waals surface area contributed by atoms with Crippen LogP contribution in [-0.4, -0.2) is 30.3 Å². The van der Waals surface area contributed by atoms with Gasteiger partial charge in [0.2, 0.25) is 0 Å². The Balaban J connectivity index is 1.45. The first-order chi connectivity index (χ1) is 15.4. The molecular formula is C24H21FN2O5. The average Bonchev–Trinajstić information content (AvgIpc) is 2.82. The summed E-state index contributed by atoms with van der Waals surface area (Å²) in [6, 6.07) is 20.9. The first-order valence-corrected chi connectivity index (χ1v) is 9.76. The maximum atomic E-state index is 13.5. The predicted molar refractivity (Wildman–Crippen MR) is 115 cm³/mol. The topological polar surface area (TPSA) is 93.7 Å². The fourth-order valence-electron chi connectivity index (χ4n) is 2.67. The SMILES string of the molecule is C[C@@H](Oc1ccc(C(=O)c2ccccc2)cc1)C(=O)NNC(=O)COc1ccccc1F. The molecule has 8 heteroatoms. The summed E-state index contributed by atoms with van der Waals surface area (Å²) >= 11 is 0. The molecule has 2 N–H and O–H groups in total. The van der Waals surface area contributed by atoms with Crippen LogP contribution < -0.4 is 20.3 Å². The van der Waals surface area contributed by atoms with Crippen molar-refractivity contribution in [1.29, 1.82) is 0 Å². The van der Waals surface area contributed by atoms with E-state index in [-0.39, 0.29) is 11.5 Å². The number of amides is 2. The lowest BCUT2D eigenvalue weighted by atomic mass is 10.0. The van der Waals surface area contributed by atoms with E-state index in [9.17, 15) is 18.8 Å². The Morgan fingerprint density at radius 1 is 0.844 bits per heavy atom. The van der Waals surface area contributed by atoms with Gasteiger partial charge < -0.3 is 9.47 Å². The largest absolute Gasteiger partial charge is 0.481 e.